The van der Waals surface area contributed by atoms with Gasteiger partial charge in [-0.25, -0.2) is 5.16 Å². The van der Waals surface area contributed by atoms with Crippen molar-refractivity contribution in [2.45, 2.75) is 29.6 Å². The summed E-state index contributed by atoms with van der Waals surface area (Å²) in [7, 11) is 0. The van der Waals surface area contributed by atoms with Crippen LogP contribution in [0.5, 0.6) is 0 Å². The highest BCUT2D eigenvalue weighted by atomic mass is 32.2. The first-order valence-corrected chi connectivity index (χ1v) is 6.89. The molecule has 6 heteroatoms. The molecule has 1 aliphatic heterocycles. The largest absolute Gasteiger partial charge is 0.348 e. The average Bonchev–Trinajstić information content (AvgIpc) is 2.57. The molecule has 1 saturated heterocycles. The van der Waals surface area contributed by atoms with E-state index in [2.05, 4.69) is 24.0 Å². The van der Waals surface area contributed by atoms with Crippen molar-refractivity contribution in [3.05, 3.63) is 10.7 Å². The molecule has 3 atom stereocenters. The summed E-state index contributed by atoms with van der Waals surface area (Å²) < 4.78 is 4.94. The number of H-pyrrole nitrogens is 1. The Morgan fingerprint density at radius 1 is 1.50 bits per heavy atom. The Morgan fingerprint density at radius 3 is 2.86 bits per heavy atom. The number of aromatic amines is 1. The number of rotatable bonds is 1. The van der Waals surface area contributed by atoms with E-state index < -0.39 is 0 Å². The van der Waals surface area contributed by atoms with Crippen LogP contribution in [0.1, 0.15) is 24.9 Å². The SMILES string of the molecule is CC1SCC(c2nc(=S)o[nH]2)SC1C. The molecule has 0 amide bonds. The molecule has 1 aromatic rings. The van der Waals surface area contributed by atoms with E-state index in [4.69, 9.17) is 16.7 Å². The van der Waals surface area contributed by atoms with Gasteiger partial charge in [0.25, 0.3) is 0 Å². The molecule has 78 valence electrons. The summed E-state index contributed by atoms with van der Waals surface area (Å²) >= 11 is 8.75. The van der Waals surface area contributed by atoms with E-state index in [9.17, 15) is 0 Å². The lowest BCUT2D eigenvalue weighted by molar-refractivity contribution is 0.398. The van der Waals surface area contributed by atoms with Crippen LogP contribution in [0.3, 0.4) is 0 Å². The lowest BCUT2D eigenvalue weighted by Crippen LogP contribution is -2.22. The number of hydrogen-bond donors (Lipinski definition) is 1. The summed E-state index contributed by atoms with van der Waals surface area (Å²) in [6.45, 7) is 4.52. The first-order chi connectivity index (χ1) is 6.66. The van der Waals surface area contributed by atoms with Gasteiger partial charge in [0, 0.05) is 16.3 Å². The highest BCUT2D eigenvalue weighted by Gasteiger charge is 2.28. The number of hydrogen-bond acceptors (Lipinski definition) is 5. The summed E-state index contributed by atoms with van der Waals surface area (Å²) in [6.07, 6.45) is 0. The van der Waals surface area contributed by atoms with Crippen molar-refractivity contribution in [3.63, 3.8) is 0 Å². The van der Waals surface area contributed by atoms with E-state index in [0.29, 0.717) is 20.6 Å². The molecule has 0 bridgehead atoms. The fraction of sp³-hybridized carbons (Fsp3) is 0.750. The lowest BCUT2D eigenvalue weighted by atomic mass is 10.4. The van der Waals surface area contributed by atoms with Gasteiger partial charge >= 0.3 is 4.84 Å². The van der Waals surface area contributed by atoms with Crippen molar-refractivity contribution in [3.8, 4) is 0 Å². The molecule has 2 heterocycles. The monoisotopic (exact) mass is 248 g/mol. The molecule has 14 heavy (non-hydrogen) atoms. The number of nitrogens with zero attached hydrogens (tertiary/aromatic N) is 1. The summed E-state index contributed by atoms with van der Waals surface area (Å²) in [4.78, 5) is 4.45. The molecule has 0 radical (unpaired) electrons. The average molecular weight is 248 g/mol. The predicted octanol–water partition coefficient (Wildman–Crippen LogP) is 3.03. The minimum atomic E-state index is 0.303. The molecular weight excluding hydrogens is 236 g/mol. The van der Waals surface area contributed by atoms with Crippen LogP contribution in [-0.4, -0.2) is 26.4 Å². The lowest BCUT2D eigenvalue weighted by Gasteiger charge is -2.29. The molecule has 0 aliphatic carbocycles. The second kappa shape index (κ2) is 4.28. The van der Waals surface area contributed by atoms with E-state index in [1.165, 1.54) is 0 Å². The smallest absolute Gasteiger partial charge is 0.314 e. The van der Waals surface area contributed by atoms with Gasteiger partial charge in [0.15, 0.2) is 5.82 Å². The molecule has 3 nitrogen and oxygen atoms in total. The standard InChI is InChI=1S/C8H12N2OS3/c1-4-5(2)14-6(3-13-4)7-9-8(12)11-10-7/h4-6H,3H2,1-2H3,(H,9,10,12). The van der Waals surface area contributed by atoms with Crippen LogP contribution in [-0.2, 0) is 0 Å². The summed E-state index contributed by atoms with van der Waals surface area (Å²) in [5, 5.41) is 4.55. The Labute approximate surface area is 96.4 Å². The molecule has 1 N–H and O–H groups in total. The fourth-order valence-electron chi connectivity index (χ4n) is 1.30. The maximum absolute atomic E-state index is 4.94. The van der Waals surface area contributed by atoms with Crippen LogP contribution in [0.4, 0.5) is 0 Å². The maximum Gasteiger partial charge on any atom is 0.314 e. The first-order valence-electron chi connectivity index (χ1n) is 4.49. The van der Waals surface area contributed by atoms with Crippen molar-refractivity contribution in [2.75, 3.05) is 5.75 Å². The minimum absolute atomic E-state index is 0.303. The Morgan fingerprint density at radius 2 is 2.29 bits per heavy atom. The van der Waals surface area contributed by atoms with Gasteiger partial charge in [-0.05, 0) is 12.2 Å². The van der Waals surface area contributed by atoms with E-state index in [0.717, 1.165) is 11.6 Å². The quantitative estimate of drug-likeness (QED) is 0.774. The molecule has 1 fully saturated rings. The third-order valence-electron chi connectivity index (χ3n) is 2.31. The van der Waals surface area contributed by atoms with Gasteiger partial charge < -0.3 is 4.52 Å². The highest BCUT2D eigenvalue weighted by molar-refractivity contribution is 8.07. The van der Waals surface area contributed by atoms with Crippen LogP contribution < -0.4 is 0 Å². The zero-order valence-corrected chi connectivity index (χ0v) is 10.5. The third-order valence-corrected chi connectivity index (χ3v) is 5.88. The molecule has 3 unspecified atom stereocenters. The van der Waals surface area contributed by atoms with E-state index >= 15 is 0 Å². The topological polar surface area (TPSA) is 41.8 Å². The maximum atomic E-state index is 4.94. The van der Waals surface area contributed by atoms with Gasteiger partial charge in [-0.15, -0.1) is 11.8 Å². The van der Waals surface area contributed by atoms with Crippen LogP contribution in [0.15, 0.2) is 4.52 Å². The van der Waals surface area contributed by atoms with Crippen molar-refractivity contribution in [2.24, 2.45) is 0 Å². The van der Waals surface area contributed by atoms with E-state index in [-0.39, 0.29) is 0 Å². The molecule has 1 aromatic heterocycles. The molecule has 0 aromatic carbocycles. The highest BCUT2D eigenvalue weighted by Crippen LogP contribution is 2.43. The minimum Gasteiger partial charge on any atom is -0.348 e. The van der Waals surface area contributed by atoms with Gasteiger partial charge in [0.1, 0.15) is 0 Å². The van der Waals surface area contributed by atoms with Gasteiger partial charge in [0.05, 0.1) is 5.25 Å². The summed E-state index contributed by atoms with van der Waals surface area (Å²) in [6, 6.07) is 0. The van der Waals surface area contributed by atoms with Crippen LogP contribution in [0.25, 0.3) is 0 Å². The fourth-order valence-corrected chi connectivity index (χ4v) is 4.30. The molecular formula is C8H12N2OS3. The second-order valence-corrected chi connectivity index (χ2v) is 6.68. The molecule has 1 aliphatic rings. The van der Waals surface area contributed by atoms with Gasteiger partial charge in [-0.2, -0.15) is 16.7 Å². The number of aromatic nitrogens is 2. The van der Waals surface area contributed by atoms with Crippen molar-refractivity contribution < 1.29 is 4.52 Å². The number of nitrogens with one attached hydrogen (secondary N) is 1. The molecule has 0 spiro atoms. The summed E-state index contributed by atoms with van der Waals surface area (Å²) in [5.41, 5.74) is 0. The molecule has 2 rings (SSSR count). The van der Waals surface area contributed by atoms with Crippen molar-refractivity contribution in [1.29, 1.82) is 0 Å². The van der Waals surface area contributed by atoms with Crippen molar-refractivity contribution in [1.82, 2.24) is 10.1 Å². The van der Waals surface area contributed by atoms with E-state index in [1.807, 2.05) is 23.5 Å². The van der Waals surface area contributed by atoms with E-state index in [1.54, 1.807) is 0 Å². The Balaban J connectivity index is 2.10. The predicted molar refractivity (Wildman–Crippen MR) is 63.4 cm³/mol. The Bertz CT molecular complexity index is 361. The molecule has 0 saturated carbocycles. The van der Waals surface area contributed by atoms with Crippen LogP contribution >= 0.6 is 35.7 Å². The Hall–Kier alpha value is 0.0600. The summed E-state index contributed by atoms with van der Waals surface area (Å²) in [5.74, 6) is 1.96. The Kier molecular flexibility index (Phi) is 3.23. The first kappa shape index (κ1) is 10.6. The third kappa shape index (κ3) is 2.17. The van der Waals surface area contributed by atoms with Gasteiger partial charge in [-0.3, -0.25) is 0 Å². The zero-order chi connectivity index (χ0) is 10.1. The zero-order valence-electron chi connectivity index (χ0n) is 8.02. The normalized spacial score (nSPS) is 33.1. The second-order valence-electron chi connectivity index (χ2n) is 3.34. The van der Waals surface area contributed by atoms with Crippen LogP contribution in [0.2, 0.25) is 0 Å². The van der Waals surface area contributed by atoms with Gasteiger partial charge in [-0.1, -0.05) is 13.8 Å². The van der Waals surface area contributed by atoms with Gasteiger partial charge in [0.2, 0.25) is 0 Å². The van der Waals surface area contributed by atoms with Crippen LogP contribution in [0, 0.1) is 4.84 Å². The van der Waals surface area contributed by atoms with Crippen molar-refractivity contribution >= 4 is 35.7 Å². The number of thioether (sulfide) groups is 2.